The molecule has 5 heteroatoms. The van der Waals surface area contributed by atoms with Gasteiger partial charge in [-0.05, 0) is 38.0 Å². The Morgan fingerprint density at radius 2 is 1.90 bits per heavy atom. The Bertz CT molecular complexity index is 620. The molecule has 1 atom stereocenters. The minimum absolute atomic E-state index is 0.320. The van der Waals surface area contributed by atoms with Crippen LogP contribution in [0, 0.1) is 5.82 Å². The molecule has 21 heavy (non-hydrogen) atoms. The topological polar surface area (TPSA) is 38.0 Å². The van der Waals surface area contributed by atoms with E-state index in [4.69, 9.17) is 11.6 Å². The maximum Gasteiger partial charge on any atom is 0.123 e. The highest BCUT2D eigenvalue weighted by Crippen LogP contribution is 2.30. The molecule has 3 nitrogen and oxygen atoms in total. The molecule has 114 valence electrons. The quantitative estimate of drug-likeness (QED) is 0.914. The molecule has 1 aromatic carbocycles. The van der Waals surface area contributed by atoms with Gasteiger partial charge in [0.25, 0.3) is 0 Å². The fourth-order valence-electron chi connectivity index (χ4n) is 2.42. The lowest BCUT2D eigenvalue weighted by Crippen LogP contribution is -2.26. The first-order valence-corrected chi connectivity index (χ1v) is 7.49. The van der Waals surface area contributed by atoms with Gasteiger partial charge in [0.05, 0.1) is 22.0 Å². The van der Waals surface area contributed by atoms with Crippen molar-refractivity contribution in [3.05, 3.63) is 52.1 Å². The number of hydrogen-bond acceptors (Lipinski definition) is 2. The molecule has 1 aromatic heterocycles. The molecule has 0 radical (unpaired) electrons. The first-order valence-electron chi connectivity index (χ1n) is 7.11. The highest BCUT2D eigenvalue weighted by molar-refractivity contribution is 6.31. The Morgan fingerprint density at radius 1 is 1.29 bits per heavy atom. The zero-order chi connectivity index (χ0) is 15.6. The minimum atomic E-state index is -1.13. The molecule has 1 N–H and O–H groups in total. The number of rotatable bonds is 5. The van der Waals surface area contributed by atoms with Crippen molar-refractivity contribution in [3.63, 3.8) is 0 Å². The van der Waals surface area contributed by atoms with E-state index in [1.807, 2.05) is 18.5 Å². The summed E-state index contributed by atoms with van der Waals surface area (Å²) in [5.41, 5.74) is 1.17. The number of halogens is 2. The fraction of sp³-hybridized carbons (Fsp3) is 0.438. The Labute approximate surface area is 129 Å². The molecule has 2 rings (SSSR count). The zero-order valence-corrected chi connectivity index (χ0v) is 13.3. The molecule has 0 spiro atoms. The summed E-state index contributed by atoms with van der Waals surface area (Å²) in [6, 6.07) is 5.88. The van der Waals surface area contributed by atoms with Gasteiger partial charge in [-0.3, -0.25) is 4.68 Å². The van der Waals surface area contributed by atoms with Crippen molar-refractivity contribution in [2.45, 2.75) is 45.8 Å². The van der Waals surface area contributed by atoms with Crippen LogP contribution in [0.3, 0.4) is 0 Å². The van der Waals surface area contributed by atoms with Crippen LogP contribution >= 0.6 is 11.6 Å². The molecular weight excluding hydrogens is 291 g/mol. The van der Waals surface area contributed by atoms with Crippen LogP contribution in [0.2, 0.25) is 5.02 Å². The molecule has 2 aromatic rings. The van der Waals surface area contributed by atoms with Crippen LogP contribution < -0.4 is 0 Å². The summed E-state index contributed by atoms with van der Waals surface area (Å²) >= 11 is 6.37. The van der Waals surface area contributed by atoms with Gasteiger partial charge in [0.1, 0.15) is 5.82 Å². The Kier molecular flexibility index (Phi) is 4.69. The average Bonchev–Trinajstić information content (AvgIpc) is 2.75. The zero-order valence-electron chi connectivity index (χ0n) is 12.5. The molecular formula is C16H20ClFN2O. The van der Waals surface area contributed by atoms with Gasteiger partial charge in [0.15, 0.2) is 0 Å². The highest BCUT2D eigenvalue weighted by Gasteiger charge is 2.28. The molecule has 1 unspecified atom stereocenters. The van der Waals surface area contributed by atoms with Crippen LogP contribution in [0.1, 0.15) is 37.7 Å². The van der Waals surface area contributed by atoms with Crippen molar-refractivity contribution in [2.24, 2.45) is 0 Å². The lowest BCUT2D eigenvalue weighted by Gasteiger charge is -2.24. The van der Waals surface area contributed by atoms with Crippen molar-refractivity contribution in [1.29, 1.82) is 0 Å². The van der Waals surface area contributed by atoms with E-state index in [-0.39, 0.29) is 5.82 Å². The SMILES string of the molecule is CCc1nn(CC)c(CC(C)(O)c2ccc(F)cc2)c1Cl. The van der Waals surface area contributed by atoms with E-state index < -0.39 is 5.60 Å². The van der Waals surface area contributed by atoms with Crippen molar-refractivity contribution in [3.8, 4) is 0 Å². The third-order valence-corrected chi connectivity index (χ3v) is 4.11. The van der Waals surface area contributed by atoms with Gasteiger partial charge in [0, 0.05) is 13.0 Å². The summed E-state index contributed by atoms with van der Waals surface area (Å²) in [5, 5.41) is 15.8. The summed E-state index contributed by atoms with van der Waals surface area (Å²) < 4.78 is 14.8. The molecule has 0 fully saturated rings. The third-order valence-electron chi connectivity index (χ3n) is 3.67. The van der Waals surface area contributed by atoms with Gasteiger partial charge in [-0.1, -0.05) is 30.7 Å². The Morgan fingerprint density at radius 3 is 2.43 bits per heavy atom. The van der Waals surface area contributed by atoms with Crippen molar-refractivity contribution < 1.29 is 9.50 Å². The largest absolute Gasteiger partial charge is 0.385 e. The van der Waals surface area contributed by atoms with E-state index in [0.717, 1.165) is 17.8 Å². The number of aliphatic hydroxyl groups is 1. The van der Waals surface area contributed by atoms with Gasteiger partial charge in [-0.15, -0.1) is 0 Å². The summed E-state index contributed by atoms with van der Waals surface area (Å²) in [4.78, 5) is 0. The third kappa shape index (κ3) is 3.27. The average molecular weight is 311 g/mol. The van der Waals surface area contributed by atoms with Gasteiger partial charge >= 0.3 is 0 Å². The smallest absolute Gasteiger partial charge is 0.123 e. The first kappa shape index (κ1) is 16.0. The predicted octanol–water partition coefficient (Wildman–Crippen LogP) is 3.71. The maximum atomic E-state index is 13.0. The standard InChI is InChI=1S/C16H20ClFN2O/c1-4-13-15(17)14(20(5-2)19-13)10-16(3,21)11-6-8-12(18)9-7-11/h6-9,21H,4-5,10H2,1-3H3. The van der Waals surface area contributed by atoms with Crippen molar-refractivity contribution in [1.82, 2.24) is 9.78 Å². The maximum absolute atomic E-state index is 13.0. The number of hydrogen-bond donors (Lipinski definition) is 1. The summed E-state index contributed by atoms with van der Waals surface area (Å²) in [5.74, 6) is -0.320. The van der Waals surface area contributed by atoms with Crippen LogP contribution in [-0.2, 0) is 25.0 Å². The minimum Gasteiger partial charge on any atom is -0.385 e. The van der Waals surface area contributed by atoms with E-state index in [9.17, 15) is 9.50 Å². The first-order chi connectivity index (χ1) is 9.89. The normalized spacial score (nSPS) is 14.2. The summed E-state index contributed by atoms with van der Waals surface area (Å²) in [6.45, 7) is 6.37. The van der Waals surface area contributed by atoms with Crippen LogP contribution in [0.15, 0.2) is 24.3 Å². The van der Waals surface area contributed by atoms with Gasteiger partial charge in [-0.2, -0.15) is 5.10 Å². The van der Waals surface area contributed by atoms with E-state index in [2.05, 4.69) is 5.10 Å². The Hall–Kier alpha value is -1.39. The lowest BCUT2D eigenvalue weighted by atomic mass is 9.91. The fourth-order valence-corrected chi connectivity index (χ4v) is 2.76. The Balaban J connectivity index is 2.36. The van der Waals surface area contributed by atoms with Crippen molar-refractivity contribution in [2.75, 3.05) is 0 Å². The van der Waals surface area contributed by atoms with Crippen molar-refractivity contribution >= 4 is 11.6 Å². The molecule has 0 aliphatic heterocycles. The summed E-state index contributed by atoms with van der Waals surface area (Å²) in [6.07, 6.45) is 1.08. The summed E-state index contributed by atoms with van der Waals surface area (Å²) in [7, 11) is 0. The molecule has 0 saturated carbocycles. The number of benzene rings is 1. The van der Waals surface area contributed by atoms with Crippen LogP contribution in [-0.4, -0.2) is 14.9 Å². The second-order valence-electron chi connectivity index (χ2n) is 5.33. The monoisotopic (exact) mass is 310 g/mol. The molecule has 1 heterocycles. The van der Waals surface area contributed by atoms with E-state index in [0.29, 0.717) is 23.6 Å². The number of nitrogens with zero attached hydrogens (tertiary/aromatic N) is 2. The lowest BCUT2D eigenvalue weighted by molar-refractivity contribution is 0.0553. The van der Waals surface area contributed by atoms with E-state index >= 15 is 0 Å². The van der Waals surface area contributed by atoms with Gasteiger partial charge < -0.3 is 5.11 Å². The van der Waals surface area contributed by atoms with Crippen LogP contribution in [0.4, 0.5) is 4.39 Å². The second kappa shape index (κ2) is 6.16. The highest BCUT2D eigenvalue weighted by atomic mass is 35.5. The molecule has 0 aliphatic rings. The molecule has 0 aliphatic carbocycles. The second-order valence-corrected chi connectivity index (χ2v) is 5.71. The van der Waals surface area contributed by atoms with Gasteiger partial charge in [0.2, 0.25) is 0 Å². The van der Waals surface area contributed by atoms with Crippen LogP contribution in [0.25, 0.3) is 0 Å². The molecule has 0 amide bonds. The predicted molar refractivity (Wildman–Crippen MR) is 82.0 cm³/mol. The van der Waals surface area contributed by atoms with E-state index in [1.165, 1.54) is 12.1 Å². The number of aryl methyl sites for hydroxylation is 2. The molecule has 0 saturated heterocycles. The molecule has 0 bridgehead atoms. The van der Waals surface area contributed by atoms with Crippen LogP contribution in [0.5, 0.6) is 0 Å². The number of aromatic nitrogens is 2. The van der Waals surface area contributed by atoms with E-state index in [1.54, 1.807) is 19.1 Å². The van der Waals surface area contributed by atoms with Gasteiger partial charge in [-0.25, -0.2) is 4.39 Å².